The zero-order valence-corrected chi connectivity index (χ0v) is 10.9. The van der Waals surface area contributed by atoms with Gasteiger partial charge in [0.15, 0.2) is 0 Å². The molecule has 4 heteroatoms. The van der Waals surface area contributed by atoms with E-state index in [4.69, 9.17) is 12.2 Å². The first-order chi connectivity index (χ1) is 8.72. The number of hydrogen-bond acceptors (Lipinski definition) is 3. The molecule has 3 nitrogen and oxygen atoms in total. The van der Waals surface area contributed by atoms with Gasteiger partial charge >= 0.3 is 0 Å². The summed E-state index contributed by atoms with van der Waals surface area (Å²) in [5, 5.41) is 2.78. The summed E-state index contributed by atoms with van der Waals surface area (Å²) < 4.78 is 0. The zero-order chi connectivity index (χ0) is 13.2. The lowest BCUT2D eigenvalue weighted by atomic mass is 10.2. The molecule has 0 fully saturated rings. The van der Waals surface area contributed by atoms with E-state index in [1.165, 1.54) is 6.08 Å². The van der Waals surface area contributed by atoms with Gasteiger partial charge < -0.3 is 11.1 Å². The Kier molecular flexibility index (Phi) is 6.52. The fourth-order valence-corrected chi connectivity index (χ4v) is 1.72. The van der Waals surface area contributed by atoms with E-state index in [9.17, 15) is 4.79 Å². The van der Waals surface area contributed by atoms with Crippen LogP contribution in [0.5, 0.6) is 0 Å². The number of carbonyl (C=O) groups excluding carboxylic acids is 1. The maximum atomic E-state index is 11.4. The molecule has 0 saturated heterocycles. The quantitative estimate of drug-likeness (QED) is 0.355. The first kappa shape index (κ1) is 14.2. The number of carbonyl (C=O) groups is 1. The molecule has 1 amide bonds. The zero-order valence-electron chi connectivity index (χ0n) is 10.1. The van der Waals surface area contributed by atoms with Crippen molar-refractivity contribution in [2.24, 2.45) is 0 Å². The van der Waals surface area contributed by atoms with Crippen LogP contribution in [-0.4, -0.2) is 24.0 Å². The van der Waals surface area contributed by atoms with Crippen molar-refractivity contribution in [2.75, 3.05) is 23.8 Å². The van der Waals surface area contributed by atoms with Crippen LogP contribution in [0.1, 0.15) is 5.56 Å². The molecule has 0 bridgehead atoms. The van der Waals surface area contributed by atoms with Crippen LogP contribution >= 0.6 is 11.8 Å². The number of benzene rings is 1. The maximum absolute atomic E-state index is 11.4. The van der Waals surface area contributed by atoms with Crippen LogP contribution in [0.4, 0.5) is 5.69 Å². The Balaban J connectivity index is 2.27. The monoisotopic (exact) mass is 260 g/mol. The van der Waals surface area contributed by atoms with Gasteiger partial charge in [-0.1, -0.05) is 18.1 Å². The second kappa shape index (κ2) is 8.26. The van der Waals surface area contributed by atoms with Gasteiger partial charge in [-0.3, -0.25) is 4.79 Å². The first-order valence-electron chi connectivity index (χ1n) is 5.55. The number of thioether (sulfide) groups is 1. The van der Waals surface area contributed by atoms with E-state index in [0.717, 1.165) is 11.3 Å². The molecule has 0 saturated carbocycles. The summed E-state index contributed by atoms with van der Waals surface area (Å²) >= 11 is 1.62. The number of terminal acetylenes is 1. The predicted molar refractivity (Wildman–Crippen MR) is 79.1 cm³/mol. The summed E-state index contributed by atoms with van der Waals surface area (Å²) in [6.45, 7) is 0.622. The highest BCUT2D eigenvalue weighted by atomic mass is 32.2. The molecule has 94 valence electrons. The second-order valence-electron chi connectivity index (χ2n) is 3.55. The minimum atomic E-state index is -0.104. The second-order valence-corrected chi connectivity index (χ2v) is 4.65. The van der Waals surface area contributed by atoms with Gasteiger partial charge in [0.2, 0.25) is 5.91 Å². The number of nitrogens with one attached hydrogen (secondary N) is 1. The molecular formula is C14H16N2OS. The molecule has 0 aliphatic carbocycles. The summed E-state index contributed by atoms with van der Waals surface area (Å²) in [5.74, 6) is 3.93. The van der Waals surface area contributed by atoms with Crippen LogP contribution < -0.4 is 11.1 Å². The van der Waals surface area contributed by atoms with Gasteiger partial charge in [-0.25, -0.2) is 0 Å². The summed E-state index contributed by atoms with van der Waals surface area (Å²) in [5.41, 5.74) is 7.22. The topological polar surface area (TPSA) is 55.1 Å². The number of rotatable bonds is 6. The lowest BCUT2D eigenvalue weighted by Gasteiger charge is -2.00. The third-order valence-corrected chi connectivity index (χ3v) is 2.96. The van der Waals surface area contributed by atoms with Crippen LogP contribution in [0.15, 0.2) is 30.3 Å². The molecule has 1 rings (SSSR count). The van der Waals surface area contributed by atoms with E-state index in [1.807, 2.05) is 12.1 Å². The molecule has 0 aliphatic rings. The van der Waals surface area contributed by atoms with Crippen LogP contribution in [0.2, 0.25) is 0 Å². The van der Waals surface area contributed by atoms with Crippen molar-refractivity contribution in [3.8, 4) is 12.3 Å². The number of amides is 1. The molecule has 0 atom stereocenters. The lowest BCUT2D eigenvalue weighted by Crippen LogP contribution is -2.23. The largest absolute Gasteiger partial charge is 0.399 e. The molecule has 18 heavy (non-hydrogen) atoms. The normalized spacial score (nSPS) is 10.2. The van der Waals surface area contributed by atoms with E-state index in [0.29, 0.717) is 18.0 Å². The van der Waals surface area contributed by atoms with Gasteiger partial charge in [0.25, 0.3) is 0 Å². The average Bonchev–Trinajstić information content (AvgIpc) is 2.38. The summed E-state index contributed by atoms with van der Waals surface area (Å²) in [7, 11) is 0. The van der Waals surface area contributed by atoms with Crippen molar-refractivity contribution in [2.45, 2.75) is 0 Å². The van der Waals surface area contributed by atoms with Crippen molar-refractivity contribution < 1.29 is 4.79 Å². The Morgan fingerprint density at radius 1 is 1.44 bits per heavy atom. The Bertz CT molecular complexity index is 446. The molecule has 0 aromatic heterocycles. The van der Waals surface area contributed by atoms with Crippen molar-refractivity contribution >= 4 is 29.4 Å². The van der Waals surface area contributed by atoms with Gasteiger partial charge in [-0.05, 0) is 23.8 Å². The smallest absolute Gasteiger partial charge is 0.244 e. The van der Waals surface area contributed by atoms with Gasteiger partial charge in [0, 0.05) is 24.1 Å². The van der Waals surface area contributed by atoms with Crippen LogP contribution in [-0.2, 0) is 4.79 Å². The van der Waals surface area contributed by atoms with E-state index < -0.39 is 0 Å². The number of anilines is 1. The predicted octanol–water partition coefficient (Wildman–Crippen LogP) is 1.76. The molecule has 0 radical (unpaired) electrons. The van der Waals surface area contributed by atoms with E-state index in [2.05, 4.69) is 11.2 Å². The molecule has 1 aromatic carbocycles. The Hall–Kier alpha value is -1.86. The third kappa shape index (κ3) is 6.02. The molecular weight excluding hydrogens is 244 g/mol. The number of hydrogen-bond donors (Lipinski definition) is 2. The van der Waals surface area contributed by atoms with Gasteiger partial charge in [-0.15, -0.1) is 18.2 Å². The molecule has 0 spiro atoms. The molecule has 0 aliphatic heterocycles. The summed E-state index contributed by atoms with van der Waals surface area (Å²) in [6, 6.07) is 7.33. The summed E-state index contributed by atoms with van der Waals surface area (Å²) in [4.78, 5) is 11.4. The van der Waals surface area contributed by atoms with E-state index in [1.54, 1.807) is 30.0 Å². The Morgan fingerprint density at radius 2 is 2.17 bits per heavy atom. The maximum Gasteiger partial charge on any atom is 0.244 e. The van der Waals surface area contributed by atoms with Gasteiger partial charge in [0.05, 0.1) is 5.75 Å². The van der Waals surface area contributed by atoms with Gasteiger partial charge in [-0.2, -0.15) is 0 Å². The Labute approximate surface area is 112 Å². The lowest BCUT2D eigenvalue weighted by molar-refractivity contribution is -0.116. The fraction of sp³-hybridized carbons (Fsp3) is 0.214. The Morgan fingerprint density at radius 3 is 2.83 bits per heavy atom. The highest BCUT2D eigenvalue weighted by Crippen LogP contribution is 2.06. The van der Waals surface area contributed by atoms with E-state index >= 15 is 0 Å². The first-order valence-corrected chi connectivity index (χ1v) is 6.70. The molecule has 1 aromatic rings. The van der Waals surface area contributed by atoms with E-state index in [-0.39, 0.29) is 5.91 Å². The van der Waals surface area contributed by atoms with Gasteiger partial charge in [0.1, 0.15) is 0 Å². The molecule has 0 heterocycles. The highest BCUT2D eigenvalue weighted by Gasteiger charge is 1.94. The van der Waals surface area contributed by atoms with Crippen LogP contribution in [0, 0.1) is 12.3 Å². The van der Waals surface area contributed by atoms with Crippen LogP contribution in [0.25, 0.3) is 6.08 Å². The van der Waals surface area contributed by atoms with Crippen LogP contribution in [0.3, 0.4) is 0 Å². The van der Waals surface area contributed by atoms with Crippen molar-refractivity contribution in [3.05, 3.63) is 35.9 Å². The minimum absolute atomic E-state index is 0.104. The molecule has 0 unspecified atom stereocenters. The third-order valence-electron chi connectivity index (χ3n) is 2.09. The van der Waals surface area contributed by atoms with Crippen molar-refractivity contribution in [3.63, 3.8) is 0 Å². The van der Waals surface area contributed by atoms with Crippen molar-refractivity contribution in [1.82, 2.24) is 5.32 Å². The number of nitrogen functional groups attached to an aromatic ring is 1. The average molecular weight is 260 g/mol. The molecule has 3 N–H and O–H groups in total. The standard InChI is InChI=1S/C14H16N2OS/c1-2-10-18-11-9-16-14(17)8-5-12-3-6-13(15)7-4-12/h1,3-8H,9-11,15H2,(H,16,17)/b8-5+. The van der Waals surface area contributed by atoms with Crippen molar-refractivity contribution in [1.29, 1.82) is 0 Å². The minimum Gasteiger partial charge on any atom is -0.399 e. The number of nitrogens with two attached hydrogens (primary N) is 1. The summed E-state index contributed by atoms with van der Waals surface area (Å²) in [6.07, 6.45) is 8.38. The SMILES string of the molecule is C#CCSCCNC(=O)/C=C/c1ccc(N)cc1. The fourth-order valence-electron chi connectivity index (χ4n) is 1.22. The highest BCUT2D eigenvalue weighted by molar-refractivity contribution is 7.99.